The number of hydrogen-bond acceptors (Lipinski definition) is 7. The monoisotopic (exact) mass is 361 g/mol. The van der Waals surface area contributed by atoms with E-state index in [1.54, 1.807) is 23.1 Å². The first-order chi connectivity index (χ1) is 11.7. The second-order valence-electron chi connectivity index (χ2n) is 5.92. The summed E-state index contributed by atoms with van der Waals surface area (Å²) >= 11 is 3.41. The van der Waals surface area contributed by atoms with Gasteiger partial charge in [0.25, 0.3) is 0 Å². The van der Waals surface area contributed by atoms with Crippen molar-refractivity contribution in [2.75, 3.05) is 0 Å². The fourth-order valence-corrected chi connectivity index (χ4v) is 4.23. The third-order valence-corrected chi connectivity index (χ3v) is 5.91. The van der Waals surface area contributed by atoms with Crippen LogP contribution >= 0.6 is 23.1 Å². The fraction of sp³-hybridized carbons (Fsp3) is 0.500. The molecule has 0 bridgehead atoms. The molecule has 0 saturated heterocycles. The van der Waals surface area contributed by atoms with E-state index in [1.165, 1.54) is 17.7 Å². The number of aromatic nitrogens is 5. The van der Waals surface area contributed by atoms with E-state index in [0.717, 1.165) is 29.6 Å². The lowest BCUT2D eigenvalue weighted by molar-refractivity contribution is 0.375. The summed E-state index contributed by atoms with van der Waals surface area (Å²) in [5, 5.41) is 16.0. The topological polar surface area (TPSA) is 69.6 Å². The molecule has 126 valence electrons. The summed E-state index contributed by atoms with van der Waals surface area (Å²) < 4.78 is 7.66. The van der Waals surface area contributed by atoms with Crippen LogP contribution in [0.3, 0.4) is 0 Å². The highest BCUT2D eigenvalue weighted by Gasteiger charge is 2.31. The fourth-order valence-electron chi connectivity index (χ4n) is 2.56. The summed E-state index contributed by atoms with van der Waals surface area (Å²) in [7, 11) is 0. The molecule has 4 rings (SSSR count). The molecule has 0 amide bonds. The van der Waals surface area contributed by atoms with Gasteiger partial charge in [0, 0.05) is 23.8 Å². The molecule has 1 saturated carbocycles. The molecule has 0 radical (unpaired) electrons. The molecule has 1 aliphatic carbocycles. The second-order valence-corrected chi connectivity index (χ2v) is 8.26. The summed E-state index contributed by atoms with van der Waals surface area (Å²) in [5.41, 5.74) is 0. The highest BCUT2D eigenvalue weighted by Crippen LogP contribution is 2.42. The molecular weight excluding hydrogens is 342 g/mol. The van der Waals surface area contributed by atoms with Gasteiger partial charge in [-0.2, -0.15) is 4.98 Å². The van der Waals surface area contributed by atoms with Gasteiger partial charge in [0.15, 0.2) is 11.0 Å². The van der Waals surface area contributed by atoms with E-state index in [0.29, 0.717) is 11.9 Å². The Bertz CT molecular complexity index is 806. The highest BCUT2D eigenvalue weighted by atomic mass is 32.2. The Morgan fingerprint density at radius 1 is 1.42 bits per heavy atom. The molecular formula is C16H19N5OS2. The third-order valence-electron chi connectivity index (χ3n) is 3.99. The van der Waals surface area contributed by atoms with Crippen LogP contribution in [0.25, 0.3) is 0 Å². The van der Waals surface area contributed by atoms with Crippen molar-refractivity contribution in [2.45, 2.75) is 56.0 Å². The maximum Gasteiger partial charge on any atom is 0.239 e. The van der Waals surface area contributed by atoms with Crippen LogP contribution in [0, 0.1) is 0 Å². The number of nitrogens with zero attached hydrogens (tertiary/aromatic N) is 5. The standard InChI is InChI=1S/C16H19N5OS2/c1-3-13-17-15(22-20-13)10(2)24-16-19-18-14(21(16)11-6-7-11)9-12-5-4-8-23-12/h4-5,8,10-11H,3,6-7,9H2,1-2H3/t10-/m1/s1. The Morgan fingerprint density at radius 2 is 2.29 bits per heavy atom. The molecule has 3 aromatic rings. The van der Waals surface area contributed by atoms with E-state index in [9.17, 15) is 0 Å². The molecule has 3 aromatic heterocycles. The summed E-state index contributed by atoms with van der Waals surface area (Å²) in [4.78, 5) is 5.75. The van der Waals surface area contributed by atoms with Gasteiger partial charge in [-0.3, -0.25) is 0 Å². The first-order valence-corrected chi connectivity index (χ1v) is 9.95. The van der Waals surface area contributed by atoms with Crippen molar-refractivity contribution in [3.63, 3.8) is 0 Å². The van der Waals surface area contributed by atoms with Gasteiger partial charge in [-0.05, 0) is 31.2 Å². The number of aryl methyl sites for hydroxylation is 1. The average Bonchev–Trinajstić information content (AvgIpc) is 3.02. The van der Waals surface area contributed by atoms with Crippen LogP contribution in [0.15, 0.2) is 27.2 Å². The van der Waals surface area contributed by atoms with Crippen molar-refractivity contribution in [3.05, 3.63) is 39.9 Å². The van der Waals surface area contributed by atoms with Gasteiger partial charge in [0.2, 0.25) is 5.89 Å². The van der Waals surface area contributed by atoms with Crippen LogP contribution in [0.1, 0.15) is 60.4 Å². The van der Waals surface area contributed by atoms with Crippen LogP contribution in [0.2, 0.25) is 0 Å². The predicted molar refractivity (Wildman–Crippen MR) is 93.4 cm³/mol. The Labute approximate surface area is 148 Å². The molecule has 1 aliphatic rings. The largest absolute Gasteiger partial charge is 0.338 e. The summed E-state index contributed by atoms with van der Waals surface area (Å²) in [6.45, 7) is 4.09. The van der Waals surface area contributed by atoms with Gasteiger partial charge < -0.3 is 9.09 Å². The van der Waals surface area contributed by atoms with Gasteiger partial charge in [-0.1, -0.05) is 29.9 Å². The zero-order chi connectivity index (χ0) is 16.5. The van der Waals surface area contributed by atoms with Crippen molar-refractivity contribution < 1.29 is 4.52 Å². The molecule has 3 heterocycles. The third kappa shape index (κ3) is 3.25. The van der Waals surface area contributed by atoms with E-state index in [4.69, 9.17) is 4.52 Å². The van der Waals surface area contributed by atoms with Crippen LogP contribution in [-0.2, 0) is 12.8 Å². The minimum atomic E-state index is 0.0640. The number of thioether (sulfide) groups is 1. The van der Waals surface area contributed by atoms with Crippen molar-refractivity contribution in [3.8, 4) is 0 Å². The minimum absolute atomic E-state index is 0.0640. The summed E-state index contributed by atoms with van der Waals surface area (Å²) in [6, 6.07) is 4.77. The SMILES string of the molecule is CCc1noc([C@@H](C)Sc2nnc(Cc3cccs3)n2C2CC2)n1. The average molecular weight is 361 g/mol. The van der Waals surface area contributed by atoms with Crippen LogP contribution in [-0.4, -0.2) is 24.9 Å². The molecule has 1 fully saturated rings. The molecule has 0 N–H and O–H groups in total. The smallest absolute Gasteiger partial charge is 0.239 e. The van der Waals surface area contributed by atoms with E-state index in [1.807, 2.05) is 6.92 Å². The van der Waals surface area contributed by atoms with Crippen LogP contribution in [0.4, 0.5) is 0 Å². The van der Waals surface area contributed by atoms with Crippen molar-refractivity contribution in [1.82, 2.24) is 24.9 Å². The van der Waals surface area contributed by atoms with Gasteiger partial charge in [-0.15, -0.1) is 21.5 Å². The Hall–Kier alpha value is -1.67. The maximum atomic E-state index is 5.36. The first kappa shape index (κ1) is 15.8. The molecule has 6 nitrogen and oxygen atoms in total. The number of rotatable bonds is 7. The quantitative estimate of drug-likeness (QED) is 0.591. The Kier molecular flexibility index (Phi) is 4.41. The lowest BCUT2D eigenvalue weighted by Gasteiger charge is -2.10. The van der Waals surface area contributed by atoms with E-state index in [2.05, 4.69) is 49.3 Å². The maximum absolute atomic E-state index is 5.36. The van der Waals surface area contributed by atoms with E-state index < -0.39 is 0 Å². The first-order valence-electron chi connectivity index (χ1n) is 8.20. The van der Waals surface area contributed by atoms with Crippen molar-refractivity contribution in [1.29, 1.82) is 0 Å². The van der Waals surface area contributed by atoms with Gasteiger partial charge >= 0.3 is 0 Å². The molecule has 24 heavy (non-hydrogen) atoms. The number of thiophene rings is 1. The van der Waals surface area contributed by atoms with Crippen LogP contribution < -0.4 is 0 Å². The van der Waals surface area contributed by atoms with Gasteiger partial charge in [0.05, 0.1) is 5.25 Å². The molecule has 8 heteroatoms. The Morgan fingerprint density at radius 3 is 2.96 bits per heavy atom. The van der Waals surface area contributed by atoms with Crippen LogP contribution in [0.5, 0.6) is 0 Å². The molecule has 0 aromatic carbocycles. The molecule has 1 atom stereocenters. The second kappa shape index (κ2) is 6.68. The molecule has 0 spiro atoms. The summed E-state index contributed by atoms with van der Waals surface area (Å²) in [5.74, 6) is 2.45. The van der Waals surface area contributed by atoms with Crippen molar-refractivity contribution >= 4 is 23.1 Å². The zero-order valence-electron chi connectivity index (χ0n) is 13.7. The zero-order valence-corrected chi connectivity index (χ0v) is 15.3. The van der Waals surface area contributed by atoms with Gasteiger partial charge in [0.1, 0.15) is 5.82 Å². The Balaban J connectivity index is 1.55. The lowest BCUT2D eigenvalue weighted by Crippen LogP contribution is -2.04. The minimum Gasteiger partial charge on any atom is -0.338 e. The van der Waals surface area contributed by atoms with E-state index in [-0.39, 0.29) is 5.25 Å². The highest BCUT2D eigenvalue weighted by molar-refractivity contribution is 7.99. The molecule has 0 aliphatic heterocycles. The number of hydrogen-bond donors (Lipinski definition) is 0. The molecule has 0 unspecified atom stereocenters. The lowest BCUT2D eigenvalue weighted by atomic mass is 10.3. The van der Waals surface area contributed by atoms with Crippen molar-refractivity contribution in [2.24, 2.45) is 0 Å². The normalized spacial score (nSPS) is 15.8. The summed E-state index contributed by atoms with van der Waals surface area (Å²) in [6.07, 6.45) is 4.04. The van der Waals surface area contributed by atoms with Gasteiger partial charge in [-0.25, -0.2) is 0 Å². The predicted octanol–water partition coefficient (Wildman–Crippen LogP) is 4.06. The van der Waals surface area contributed by atoms with E-state index >= 15 is 0 Å².